The Hall–Kier alpha value is -8.15. The maximum absolute atomic E-state index is 5.13. The number of rotatable bonds is 5. The molecular formula is C57H37N5. The first-order valence-corrected chi connectivity index (χ1v) is 21.3. The van der Waals surface area contributed by atoms with Gasteiger partial charge in [0.15, 0.2) is 11.6 Å². The molecule has 0 bridgehead atoms. The van der Waals surface area contributed by atoms with E-state index in [1.54, 1.807) is 0 Å². The van der Waals surface area contributed by atoms with Gasteiger partial charge in [0.2, 0.25) is 5.95 Å². The molecule has 12 aromatic rings. The summed E-state index contributed by atoms with van der Waals surface area (Å²) in [5.74, 6) is 1.86. The molecule has 5 heteroatoms. The highest BCUT2D eigenvalue weighted by molar-refractivity contribution is 6.15. The van der Waals surface area contributed by atoms with Gasteiger partial charge >= 0.3 is 0 Å². The van der Waals surface area contributed by atoms with Crippen molar-refractivity contribution in [3.8, 4) is 45.5 Å². The van der Waals surface area contributed by atoms with Crippen LogP contribution in [0.2, 0.25) is 0 Å². The summed E-state index contributed by atoms with van der Waals surface area (Å²) >= 11 is 0. The summed E-state index contributed by atoms with van der Waals surface area (Å²) in [5, 5.41) is 10.1. The number of hydrogen-bond donors (Lipinski definition) is 0. The molecule has 5 nitrogen and oxygen atoms in total. The predicted octanol–water partition coefficient (Wildman–Crippen LogP) is 14.3. The lowest BCUT2D eigenvalue weighted by Gasteiger charge is -2.19. The van der Waals surface area contributed by atoms with Crippen molar-refractivity contribution in [3.63, 3.8) is 0 Å². The van der Waals surface area contributed by atoms with Crippen molar-refractivity contribution >= 4 is 71.2 Å². The van der Waals surface area contributed by atoms with Gasteiger partial charge in [-0.1, -0.05) is 152 Å². The molecule has 0 saturated heterocycles. The lowest BCUT2D eigenvalue weighted by molar-refractivity contribution is 0.953. The number of hydrogen-bond acceptors (Lipinski definition) is 3. The topological polar surface area (TPSA) is 48.5 Å². The van der Waals surface area contributed by atoms with Gasteiger partial charge in [-0.25, -0.2) is 4.98 Å². The molecule has 0 saturated carbocycles. The number of benzene rings is 9. The van der Waals surface area contributed by atoms with E-state index < -0.39 is 0 Å². The van der Waals surface area contributed by atoms with E-state index in [0.717, 1.165) is 51.3 Å². The molecule has 3 heterocycles. The van der Waals surface area contributed by atoms with Crippen LogP contribution >= 0.6 is 0 Å². The van der Waals surface area contributed by atoms with Crippen LogP contribution in [0, 0.1) is 0 Å². The van der Waals surface area contributed by atoms with Crippen LogP contribution in [0.25, 0.3) is 117 Å². The van der Waals surface area contributed by atoms with E-state index in [0.29, 0.717) is 17.6 Å². The summed E-state index contributed by atoms with van der Waals surface area (Å²) in [4.78, 5) is 15.2. The van der Waals surface area contributed by atoms with Crippen molar-refractivity contribution < 1.29 is 0 Å². The Balaban J connectivity index is 0.974. The molecular weight excluding hydrogens is 755 g/mol. The molecule has 0 spiro atoms. The van der Waals surface area contributed by atoms with Crippen LogP contribution in [-0.4, -0.2) is 24.1 Å². The van der Waals surface area contributed by atoms with Crippen molar-refractivity contribution in [1.82, 2.24) is 24.1 Å². The van der Waals surface area contributed by atoms with Crippen LogP contribution in [0.15, 0.2) is 194 Å². The Morgan fingerprint density at radius 1 is 0.355 bits per heavy atom. The van der Waals surface area contributed by atoms with Gasteiger partial charge in [-0.2, -0.15) is 9.97 Å². The third-order valence-corrected chi connectivity index (χ3v) is 12.8. The molecule has 290 valence electrons. The maximum atomic E-state index is 5.13. The maximum Gasteiger partial charge on any atom is 0.238 e. The number of fused-ring (bicyclic) bond motifs is 12. The smallest absolute Gasteiger partial charge is 0.238 e. The molecule has 0 unspecified atom stereocenters. The largest absolute Gasteiger partial charge is 0.309 e. The second-order valence-corrected chi connectivity index (χ2v) is 16.3. The number of allylic oxidation sites excluding steroid dienone is 1. The van der Waals surface area contributed by atoms with Crippen molar-refractivity contribution in [2.75, 3.05) is 0 Å². The van der Waals surface area contributed by atoms with Gasteiger partial charge in [-0.05, 0) is 105 Å². The fraction of sp³-hybridized carbons (Fsp3) is 0.0351. The van der Waals surface area contributed by atoms with Gasteiger partial charge in [0.05, 0.1) is 22.1 Å². The molecule has 1 aliphatic rings. The number of aromatic nitrogens is 5. The van der Waals surface area contributed by atoms with Crippen molar-refractivity contribution in [2.24, 2.45) is 0 Å². The molecule has 0 amide bonds. The normalized spacial score (nSPS) is 12.6. The molecule has 0 N–H and O–H groups in total. The van der Waals surface area contributed by atoms with Crippen LogP contribution in [0.3, 0.4) is 0 Å². The minimum absolute atomic E-state index is 0.587. The lowest BCUT2D eigenvalue weighted by Crippen LogP contribution is -2.06. The zero-order chi connectivity index (χ0) is 40.7. The van der Waals surface area contributed by atoms with E-state index in [-0.39, 0.29) is 0 Å². The average molecular weight is 792 g/mol. The van der Waals surface area contributed by atoms with Gasteiger partial charge in [0.1, 0.15) is 0 Å². The third-order valence-electron chi connectivity index (χ3n) is 12.8. The van der Waals surface area contributed by atoms with E-state index in [4.69, 9.17) is 15.0 Å². The van der Waals surface area contributed by atoms with Crippen molar-refractivity contribution in [2.45, 2.75) is 12.8 Å². The molecule has 62 heavy (non-hydrogen) atoms. The quantitative estimate of drug-likeness (QED) is 0.163. The first-order chi connectivity index (χ1) is 30.7. The highest BCUT2D eigenvalue weighted by Crippen LogP contribution is 2.41. The van der Waals surface area contributed by atoms with Gasteiger partial charge in [0, 0.05) is 38.4 Å². The molecule has 3 aromatic heterocycles. The SMILES string of the molecule is C1=Cc2c(c3ccc(-n4c5ccccc5c5cc(-c6ccc7c(c6)c6ccccc6n7-c6nc(-c7ccccc7)nc(-c7ccccc7)n6)ccc54)cc3c3ccccc23)CC1. The van der Waals surface area contributed by atoms with E-state index in [1.165, 1.54) is 65.7 Å². The van der Waals surface area contributed by atoms with Crippen molar-refractivity contribution in [1.29, 1.82) is 0 Å². The Labute approximate surface area is 357 Å². The van der Waals surface area contributed by atoms with Crippen molar-refractivity contribution in [3.05, 3.63) is 205 Å². The molecule has 1 aliphatic carbocycles. The van der Waals surface area contributed by atoms with Gasteiger partial charge in [-0.15, -0.1) is 0 Å². The van der Waals surface area contributed by atoms with E-state index in [1.807, 2.05) is 60.7 Å². The van der Waals surface area contributed by atoms with E-state index in [2.05, 4.69) is 149 Å². The highest BCUT2D eigenvalue weighted by atomic mass is 15.2. The monoisotopic (exact) mass is 791 g/mol. The number of nitrogens with zero attached hydrogens (tertiary/aromatic N) is 5. The van der Waals surface area contributed by atoms with E-state index >= 15 is 0 Å². The number of aryl methyl sites for hydroxylation is 1. The Bertz CT molecular complexity index is 3740. The van der Waals surface area contributed by atoms with Gasteiger partial charge < -0.3 is 4.57 Å². The Morgan fingerprint density at radius 2 is 0.887 bits per heavy atom. The standard InChI is InChI=1S/C57H37N5/c1-3-15-36(16-4-1)55-58-56(37-17-5-2-6-18-37)60-57(59-55)62-52-26-14-12-24-47(52)50-34-39(28-32-54(50)62)38-27-31-53-49(33-38)46-23-11-13-25-51(46)61(53)40-29-30-45-43-21-8-7-19-41(43)42-20-9-10-22-44(42)48(45)35-40/h1-7,9-20,22-35H,8,21H2. The summed E-state index contributed by atoms with van der Waals surface area (Å²) in [5.41, 5.74) is 12.7. The Morgan fingerprint density at radius 3 is 1.53 bits per heavy atom. The summed E-state index contributed by atoms with van der Waals surface area (Å²) in [6, 6.07) is 67.4. The zero-order valence-electron chi connectivity index (χ0n) is 33.7. The second-order valence-electron chi connectivity index (χ2n) is 16.3. The average Bonchev–Trinajstić information content (AvgIpc) is 3.86. The summed E-state index contributed by atoms with van der Waals surface area (Å²) in [6.45, 7) is 0. The summed E-state index contributed by atoms with van der Waals surface area (Å²) in [7, 11) is 0. The summed E-state index contributed by atoms with van der Waals surface area (Å²) in [6.07, 6.45) is 6.79. The van der Waals surface area contributed by atoms with Gasteiger partial charge in [0.25, 0.3) is 0 Å². The molecule has 0 radical (unpaired) electrons. The highest BCUT2D eigenvalue weighted by Gasteiger charge is 2.21. The fourth-order valence-electron chi connectivity index (χ4n) is 10.0. The second kappa shape index (κ2) is 13.7. The van der Waals surface area contributed by atoms with Crippen LogP contribution < -0.4 is 0 Å². The van der Waals surface area contributed by atoms with Gasteiger partial charge in [-0.3, -0.25) is 4.57 Å². The predicted molar refractivity (Wildman–Crippen MR) is 257 cm³/mol. The molecule has 13 rings (SSSR count). The molecule has 0 atom stereocenters. The number of para-hydroxylation sites is 2. The fourth-order valence-corrected chi connectivity index (χ4v) is 10.0. The first-order valence-electron chi connectivity index (χ1n) is 21.3. The summed E-state index contributed by atoms with van der Waals surface area (Å²) < 4.78 is 4.63. The molecule has 0 fully saturated rings. The lowest BCUT2D eigenvalue weighted by atomic mass is 9.86. The molecule has 9 aromatic carbocycles. The Kier molecular flexibility index (Phi) is 7.66. The molecule has 0 aliphatic heterocycles. The van der Waals surface area contributed by atoms with E-state index in [9.17, 15) is 0 Å². The van der Waals surface area contributed by atoms with Crippen LogP contribution in [0.4, 0.5) is 0 Å². The first kappa shape index (κ1) is 34.7. The minimum atomic E-state index is 0.587. The van der Waals surface area contributed by atoms with Crippen LogP contribution in [0.5, 0.6) is 0 Å². The zero-order valence-corrected chi connectivity index (χ0v) is 33.7. The van der Waals surface area contributed by atoms with Crippen LogP contribution in [-0.2, 0) is 6.42 Å². The van der Waals surface area contributed by atoms with Crippen LogP contribution in [0.1, 0.15) is 17.5 Å². The third kappa shape index (κ3) is 5.31. The minimum Gasteiger partial charge on any atom is -0.309 e.